The van der Waals surface area contributed by atoms with Crippen LogP contribution in [0, 0.1) is 17.1 Å². The van der Waals surface area contributed by atoms with Gasteiger partial charge < -0.3 is 10.6 Å². The Bertz CT molecular complexity index is 1450. The average molecular weight is 485 g/mol. The van der Waals surface area contributed by atoms with Gasteiger partial charge in [0, 0.05) is 12.7 Å². The second kappa shape index (κ2) is 8.73. The highest BCUT2D eigenvalue weighted by atomic mass is 35.5. The monoisotopic (exact) mass is 484 g/mol. The van der Waals surface area contributed by atoms with Crippen molar-refractivity contribution >= 4 is 42.4 Å². The Labute approximate surface area is 199 Å². The van der Waals surface area contributed by atoms with Crippen LogP contribution in [0.2, 0.25) is 5.02 Å². The van der Waals surface area contributed by atoms with Gasteiger partial charge >= 0.3 is 0 Å². The maximum Gasteiger partial charge on any atom is 0.284 e. The van der Waals surface area contributed by atoms with Crippen LogP contribution in [-0.4, -0.2) is 30.7 Å². The summed E-state index contributed by atoms with van der Waals surface area (Å²) in [6.45, 7) is 0.583. The molecule has 0 aliphatic carbocycles. The van der Waals surface area contributed by atoms with Crippen molar-refractivity contribution in [1.29, 1.82) is 5.26 Å². The van der Waals surface area contributed by atoms with Gasteiger partial charge in [-0.05, 0) is 43.2 Å². The maximum atomic E-state index is 13.6. The number of hydrogen-bond acceptors (Lipinski definition) is 7. The van der Waals surface area contributed by atoms with Crippen molar-refractivity contribution in [2.24, 2.45) is 0 Å². The summed E-state index contributed by atoms with van der Waals surface area (Å²) in [7, 11) is 0. The van der Waals surface area contributed by atoms with E-state index < -0.39 is 5.82 Å². The smallest absolute Gasteiger partial charge is 0.284 e. The molecule has 1 aliphatic heterocycles. The third-order valence-electron chi connectivity index (χ3n) is 5.48. The van der Waals surface area contributed by atoms with E-state index in [1.807, 2.05) is 4.90 Å². The fourth-order valence-electron chi connectivity index (χ4n) is 4.08. The van der Waals surface area contributed by atoms with E-state index in [1.54, 1.807) is 12.3 Å². The van der Waals surface area contributed by atoms with E-state index in [4.69, 9.17) is 22.4 Å². The van der Waals surface area contributed by atoms with E-state index in [-0.39, 0.29) is 47.1 Å². The van der Waals surface area contributed by atoms with Gasteiger partial charge in [-0.25, -0.2) is 13.9 Å². The molecule has 33 heavy (non-hydrogen) atoms. The summed E-state index contributed by atoms with van der Waals surface area (Å²) in [6, 6.07) is 8.88. The Morgan fingerprint density at radius 3 is 2.73 bits per heavy atom. The lowest BCUT2D eigenvalue weighted by Crippen LogP contribution is -2.33. The van der Waals surface area contributed by atoms with Crippen molar-refractivity contribution in [3.05, 3.63) is 75.3 Å². The Hall–Kier alpha value is -3.62. The number of halogens is 2. The first-order valence-corrected chi connectivity index (χ1v) is 10.2. The van der Waals surface area contributed by atoms with E-state index in [0.29, 0.717) is 30.3 Å². The molecule has 1 aromatic carbocycles. The van der Waals surface area contributed by atoms with Crippen molar-refractivity contribution in [3.8, 4) is 11.8 Å². The van der Waals surface area contributed by atoms with Gasteiger partial charge in [-0.3, -0.25) is 9.36 Å². The molecule has 168 valence electrons. The summed E-state index contributed by atoms with van der Waals surface area (Å²) in [5.74, 6) is 0.421. The summed E-state index contributed by atoms with van der Waals surface area (Å²) in [6.07, 6.45) is 4.43. The average Bonchev–Trinajstić information content (AvgIpc) is 3.41. The molecule has 9 nitrogen and oxygen atoms in total. The topological polar surface area (TPSA) is 118 Å². The molecule has 0 bridgehead atoms. The first-order chi connectivity index (χ1) is 15.5. The minimum atomic E-state index is -0.421. The number of nitrogen functional groups attached to an aromatic ring is 1. The number of rotatable bonds is 3. The third kappa shape index (κ3) is 3.77. The lowest BCUT2D eigenvalue weighted by molar-refractivity contribution is 0.598. The number of aromatic nitrogens is 5. The lowest BCUT2D eigenvalue weighted by Gasteiger charge is -2.27. The minimum absolute atomic E-state index is 0. The van der Waals surface area contributed by atoms with E-state index in [0.717, 1.165) is 6.42 Å². The number of benzene rings is 1. The van der Waals surface area contributed by atoms with E-state index >= 15 is 0 Å². The van der Waals surface area contributed by atoms with Crippen LogP contribution >= 0.6 is 25.1 Å². The van der Waals surface area contributed by atoms with Crippen LogP contribution in [0.15, 0.2) is 47.5 Å². The zero-order valence-electron chi connectivity index (χ0n) is 17.1. The molecule has 1 saturated heterocycles. The Balaban J connectivity index is 0.00000259. The van der Waals surface area contributed by atoms with Crippen molar-refractivity contribution in [1.82, 2.24) is 24.1 Å². The summed E-state index contributed by atoms with van der Waals surface area (Å²) in [4.78, 5) is 23.6. The molecule has 1 atom stereocenters. The van der Waals surface area contributed by atoms with Crippen LogP contribution < -0.4 is 16.2 Å². The van der Waals surface area contributed by atoms with Crippen LogP contribution in [0.4, 0.5) is 16.2 Å². The zero-order valence-corrected chi connectivity index (χ0v) is 18.9. The van der Waals surface area contributed by atoms with Gasteiger partial charge in [-0.15, -0.1) is 0 Å². The van der Waals surface area contributed by atoms with Crippen molar-refractivity contribution < 1.29 is 4.39 Å². The lowest BCUT2D eigenvalue weighted by atomic mass is 10.1. The molecular weight excluding hydrogens is 467 g/mol. The molecule has 0 unspecified atom stereocenters. The molecule has 12 heteroatoms. The molecule has 0 spiro atoms. The molecule has 1 fully saturated rings. The summed E-state index contributed by atoms with van der Waals surface area (Å²) < 4.78 is 16.5. The van der Waals surface area contributed by atoms with Gasteiger partial charge in [0.25, 0.3) is 5.56 Å². The van der Waals surface area contributed by atoms with Gasteiger partial charge in [0.2, 0.25) is 5.95 Å². The molecule has 2 N–H and O–H groups in total. The standard InChI is InChI=1S/C21H16ClFN8O.H2S/c22-15-7-9-30-17(15)20(32)31(14-5-3-13(23)4-6-14)19(28-30)16-2-1-8-29(16)18-12(10-24)11-26-21(25)27-18;/h3-7,9,11,16H,1-2,8H2,(H2,25,26,27);1H2/t16-;/m0./s1. The number of nitrogens with two attached hydrogens (primary N) is 1. The number of fused-ring (bicyclic) bond motifs is 1. The first kappa shape index (κ1) is 22.6. The van der Waals surface area contributed by atoms with Crippen LogP contribution in [0.25, 0.3) is 11.2 Å². The molecule has 4 heterocycles. The van der Waals surface area contributed by atoms with Gasteiger partial charge in [-0.1, -0.05) is 11.6 Å². The SMILES string of the molecule is N#Cc1cnc(N)nc1N1CCC[C@H]1c1nn2ccc(Cl)c2c(=O)n1-c1ccc(F)cc1.S. The fourth-order valence-corrected chi connectivity index (χ4v) is 4.30. The number of nitriles is 1. The van der Waals surface area contributed by atoms with Crippen molar-refractivity contribution in [3.63, 3.8) is 0 Å². The molecule has 4 aromatic rings. The van der Waals surface area contributed by atoms with Gasteiger partial charge in [0.15, 0.2) is 11.6 Å². The molecular formula is C21H18ClFN8OS. The second-order valence-electron chi connectivity index (χ2n) is 7.36. The maximum absolute atomic E-state index is 13.6. The van der Waals surface area contributed by atoms with E-state index in [2.05, 4.69) is 16.0 Å². The fraction of sp³-hybridized carbons (Fsp3) is 0.190. The first-order valence-electron chi connectivity index (χ1n) is 9.83. The molecule has 0 saturated carbocycles. The highest BCUT2D eigenvalue weighted by Gasteiger charge is 2.34. The number of hydrogen-bond donors (Lipinski definition) is 1. The van der Waals surface area contributed by atoms with E-state index in [9.17, 15) is 14.4 Å². The van der Waals surface area contributed by atoms with Gasteiger partial charge in [0.1, 0.15) is 23.0 Å². The van der Waals surface area contributed by atoms with E-state index in [1.165, 1.54) is 39.5 Å². The second-order valence-corrected chi connectivity index (χ2v) is 7.77. The van der Waals surface area contributed by atoms with Crippen LogP contribution in [-0.2, 0) is 0 Å². The summed E-state index contributed by atoms with van der Waals surface area (Å²) in [5.41, 5.74) is 6.34. The number of nitrogens with zero attached hydrogens (tertiary/aromatic N) is 7. The largest absolute Gasteiger partial charge is 0.368 e. The van der Waals surface area contributed by atoms with Gasteiger partial charge in [0.05, 0.1) is 22.9 Å². The highest BCUT2D eigenvalue weighted by Crippen LogP contribution is 2.36. The molecule has 3 aromatic heterocycles. The van der Waals surface area contributed by atoms with Crippen LogP contribution in [0.5, 0.6) is 0 Å². The Morgan fingerprint density at radius 1 is 1.24 bits per heavy atom. The predicted molar refractivity (Wildman–Crippen MR) is 127 cm³/mol. The van der Waals surface area contributed by atoms with Gasteiger partial charge in [-0.2, -0.15) is 28.8 Å². The Kier molecular flexibility index (Phi) is 5.97. The normalized spacial score (nSPS) is 15.4. The molecule has 5 rings (SSSR count). The van der Waals surface area contributed by atoms with Crippen LogP contribution in [0.1, 0.15) is 30.3 Å². The summed E-state index contributed by atoms with van der Waals surface area (Å²) in [5, 5.41) is 14.5. The predicted octanol–water partition coefficient (Wildman–Crippen LogP) is 2.98. The molecule has 0 radical (unpaired) electrons. The van der Waals surface area contributed by atoms with Crippen molar-refractivity contribution in [2.75, 3.05) is 17.2 Å². The Morgan fingerprint density at radius 2 is 2.00 bits per heavy atom. The third-order valence-corrected chi connectivity index (χ3v) is 5.78. The summed E-state index contributed by atoms with van der Waals surface area (Å²) >= 11 is 6.24. The number of anilines is 2. The molecule has 0 amide bonds. The van der Waals surface area contributed by atoms with Crippen LogP contribution in [0.3, 0.4) is 0 Å². The zero-order chi connectivity index (χ0) is 22.4. The van der Waals surface area contributed by atoms with Crippen molar-refractivity contribution in [2.45, 2.75) is 18.9 Å². The molecule has 1 aliphatic rings. The highest BCUT2D eigenvalue weighted by molar-refractivity contribution is 7.59. The quantitative estimate of drug-likeness (QED) is 0.474. The minimum Gasteiger partial charge on any atom is -0.368 e.